The van der Waals surface area contributed by atoms with E-state index < -0.39 is 20.0 Å². The Morgan fingerprint density at radius 1 is 0.892 bits per heavy atom. The predicted octanol–water partition coefficient (Wildman–Crippen LogP) is 3.20. The van der Waals surface area contributed by atoms with E-state index in [1.54, 1.807) is 36.4 Å². The fourth-order valence-electron chi connectivity index (χ4n) is 4.85. The van der Waals surface area contributed by atoms with Gasteiger partial charge in [0.2, 0.25) is 20.0 Å². The van der Waals surface area contributed by atoms with Crippen molar-refractivity contribution >= 4 is 31.5 Å². The fourth-order valence-corrected chi connectivity index (χ4v) is 8.08. The van der Waals surface area contributed by atoms with E-state index in [4.69, 9.17) is 4.74 Å². The first-order valence-corrected chi connectivity index (χ1v) is 15.5. The lowest BCUT2D eigenvalue weighted by molar-refractivity contribution is -0.0440. The molecule has 2 fully saturated rings. The van der Waals surface area contributed by atoms with E-state index in [0.717, 1.165) is 12.8 Å². The molecule has 9 nitrogen and oxygen atoms in total. The standard InChI is InChI=1S/C26H35N3O6S2/c1-19-6-5-13-28(16-19)36(31,32)24-11-9-23(10-12-24)27-15-26(30)22-7-4-8-25(14-22)37(33,34)29-17-20(2)35-21(3)18-29/h4,7-12,14,19-21,27H,5-6,13,15-18H2,1-3H3. The van der Waals surface area contributed by atoms with Crippen molar-refractivity contribution < 1.29 is 26.4 Å². The second kappa shape index (κ2) is 11.2. The van der Waals surface area contributed by atoms with E-state index in [-0.39, 0.29) is 53.0 Å². The van der Waals surface area contributed by atoms with Crippen LogP contribution in [0.5, 0.6) is 0 Å². The van der Waals surface area contributed by atoms with Gasteiger partial charge in [0.05, 0.1) is 28.5 Å². The summed E-state index contributed by atoms with van der Waals surface area (Å²) in [5.41, 5.74) is 0.876. The first kappa shape index (κ1) is 27.7. The number of ketones is 1. The zero-order chi connectivity index (χ0) is 26.8. The number of hydrogen-bond acceptors (Lipinski definition) is 7. The van der Waals surface area contributed by atoms with Crippen LogP contribution in [0.3, 0.4) is 0 Å². The molecule has 0 amide bonds. The number of Topliss-reactive ketones (excluding diaryl/α,β-unsaturated/α-hetero) is 1. The summed E-state index contributed by atoms with van der Waals surface area (Å²) < 4.78 is 60.8. The number of nitrogens with one attached hydrogen (secondary N) is 1. The second-order valence-corrected chi connectivity index (χ2v) is 13.9. The van der Waals surface area contributed by atoms with Crippen LogP contribution in [0.15, 0.2) is 58.3 Å². The van der Waals surface area contributed by atoms with Gasteiger partial charge in [-0.3, -0.25) is 4.79 Å². The molecule has 4 rings (SSSR count). The van der Waals surface area contributed by atoms with Crippen molar-refractivity contribution in [1.82, 2.24) is 8.61 Å². The van der Waals surface area contributed by atoms with Crippen molar-refractivity contribution in [1.29, 1.82) is 0 Å². The fraction of sp³-hybridized carbons (Fsp3) is 0.500. The van der Waals surface area contributed by atoms with E-state index in [1.807, 2.05) is 13.8 Å². The Kier molecular flexibility index (Phi) is 8.39. The van der Waals surface area contributed by atoms with Gasteiger partial charge >= 0.3 is 0 Å². The molecule has 3 atom stereocenters. The molecule has 0 aliphatic carbocycles. The van der Waals surface area contributed by atoms with Gasteiger partial charge in [-0.25, -0.2) is 16.8 Å². The van der Waals surface area contributed by atoms with E-state index in [9.17, 15) is 21.6 Å². The Labute approximate surface area is 219 Å². The molecule has 2 aliphatic heterocycles. The third-order valence-electron chi connectivity index (χ3n) is 6.74. The molecule has 0 radical (unpaired) electrons. The lowest BCUT2D eigenvalue weighted by atomic mass is 10.0. The number of sulfonamides is 2. The van der Waals surface area contributed by atoms with Crippen LogP contribution < -0.4 is 5.32 Å². The average molecular weight is 550 g/mol. The number of nitrogens with zero attached hydrogens (tertiary/aromatic N) is 2. The summed E-state index contributed by atoms with van der Waals surface area (Å²) in [6, 6.07) is 12.4. The Hall–Kier alpha value is -2.31. The first-order chi connectivity index (χ1) is 17.5. The monoisotopic (exact) mass is 549 g/mol. The van der Waals surface area contributed by atoms with Crippen molar-refractivity contribution in [2.24, 2.45) is 5.92 Å². The van der Waals surface area contributed by atoms with Crippen molar-refractivity contribution in [2.45, 2.75) is 55.6 Å². The van der Waals surface area contributed by atoms with Gasteiger partial charge in [0, 0.05) is 37.4 Å². The zero-order valence-electron chi connectivity index (χ0n) is 21.5. The molecule has 0 aromatic heterocycles. The number of rotatable bonds is 8. The maximum absolute atomic E-state index is 13.2. The highest BCUT2D eigenvalue weighted by atomic mass is 32.2. The van der Waals surface area contributed by atoms with Gasteiger partial charge in [-0.15, -0.1) is 0 Å². The lowest BCUT2D eigenvalue weighted by Gasteiger charge is -2.34. The smallest absolute Gasteiger partial charge is 0.243 e. The summed E-state index contributed by atoms with van der Waals surface area (Å²) in [7, 11) is -7.31. The third kappa shape index (κ3) is 6.40. The van der Waals surface area contributed by atoms with Gasteiger partial charge in [-0.2, -0.15) is 8.61 Å². The van der Waals surface area contributed by atoms with Crippen molar-refractivity contribution in [2.75, 3.05) is 38.0 Å². The summed E-state index contributed by atoms with van der Waals surface area (Å²) in [5.74, 6) is 0.0599. The van der Waals surface area contributed by atoms with Gasteiger partial charge in [0.1, 0.15) is 0 Å². The molecule has 11 heteroatoms. The molecule has 3 unspecified atom stereocenters. The molecule has 1 N–H and O–H groups in total. The van der Waals surface area contributed by atoms with E-state index in [1.165, 1.54) is 20.7 Å². The maximum Gasteiger partial charge on any atom is 0.243 e. The molecule has 2 aliphatic rings. The number of ether oxygens (including phenoxy) is 1. The van der Waals surface area contributed by atoms with Gasteiger partial charge in [0.15, 0.2) is 5.78 Å². The van der Waals surface area contributed by atoms with Gasteiger partial charge in [-0.05, 0) is 69.0 Å². The Morgan fingerprint density at radius 2 is 1.54 bits per heavy atom. The Bertz CT molecular complexity index is 1320. The Balaban J connectivity index is 1.40. The summed E-state index contributed by atoms with van der Waals surface area (Å²) in [6.45, 7) is 7.23. The molecule has 2 aromatic rings. The van der Waals surface area contributed by atoms with Crippen molar-refractivity contribution in [3.8, 4) is 0 Å². The van der Waals surface area contributed by atoms with Gasteiger partial charge in [-0.1, -0.05) is 19.1 Å². The second-order valence-electron chi connectivity index (χ2n) is 10.0. The van der Waals surface area contributed by atoms with Crippen molar-refractivity contribution in [3.05, 3.63) is 54.1 Å². The number of piperidine rings is 1. The zero-order valence-corrected chi connectivity index (χ0v) is 23.1. The predicted molar refractivity (Wildman–Crippen MR) is 142 cm³/mol. The molecule has 0 saturated carbocycles. The summed E-state index contributed by atoms with van der Waals surface area (Å²) in [4.78, 5) is 13.1. The molecule has 2 saturated heterocycles. The number of carbonyl (C=O) groups is 1. The van der Waals surface area contributed by atoms with Crippen molar-refractivity contribution in [3.63, 3.8) is 0 Å². The topological polar surface area (TPSA) is 113 Å². The molecule has 2 heterocycles. The van der Waals surface area contributed by atoms with Gasteiger partial charge < -0.3 is 10.1 Å². The molecular formula is C26H35N3O6S2. The first-order valence-electron chi connectivity index (χ1n) is 12.6. The molecule has 37 heavy (non-hydrogen) atoms. The number of hydrogen-bond donors (Lipinski definition) is 1. The van der Waals surface area contributed by atoms with Crippen LogP contribution in [0.2, 0.25) is 0 Å². The highest BCUT2D eigenvalue weighted by molar-refractivity contribution is 7.89. The Morgan fingerprint density at radius 3 is 2.19 bits per heavy atom. The number of carbonyl (C=O) groups excluding carboxylic acids is 1. The molecule has 2 aromatic carbocycles. The SMILES string of the molecule is CC1CCCN(S(=O)(=O)c2ccc(NCC(=O)c3cccc(S(=O)(=O)N4CC(C)OC(C)C4)c3)cc2)C1. The number of morpholine rings is 1. The number of benzene rings is 2. The van der Waals surface area contributed by atoms with Crippen LogP contribution >= 0.6 is 0 Å². The van der Waals surface area contributed by atoms with Crippen LogP contribution in [0.1, 0.15) is 44.0 Å². The van der Waals surface area contributed by atoms with Crippen LogP contribution in [-0.2, 0) is 24.8 Å². The molecule has 0 bridgehead atoms. The highest BCUT2D eigenvalue weighted by Crippen LogP contribution is 2.25. The van der Waals surface area contributed by atoms with Crippen LogP contribution in [0.25, 0.3) is 0 Å². The minimum Gasteiger partial charge on any atom is -0.378 e. The molecule has 202 valence electrons. The summed E-state index contributed by atoms with van der Waals surface area (Å²) in [5, 5.41) is 3.01. The lowest BCUT2D eigenvalue weighted by Crippen LogP contribution is -2.48. The minimum atomic E-state index is -3.76. The normalized spacial score (nSPS) is 24.0. The summed E-state index contributed by atoms with van der Waals surface area (Å²) in [6.07, 6.45) is 1.47. The largest absolute Gasteiger partial charge is 0.378 e. The summed E-state index contributed by atoms with van der Waals surface area (Å²) >= 11 is 0. The van der Waals surface area contributed by atoms with E-state index in [2.05, 4.69) is 12.2 Å². The highest BCUT2D eigenvalue weighted by Gasteiger charge is 2.32. The quantitative estimate of drug-likeness (QED) is 0.503. The van der Waals surface area contributed by atoms with E-state index in [0.29, 0.717) is 24.7 Å². The maximum atomic E-state index is 13.2. The van der Waals surface area contributed by atoms with Crippen LogP contribution in [-0.4, -0.2) is 76.2 Å². The molecular weight excluding hydrogens is 514 g/mol. The average Bonchev–Trinajstić information content (AvgIpc) is 2.87. The van der Waals surface area contributed by atoms with Crippen LogP contribution in [0.4, 0.5) is 5.69 Å². The minimum absolute atomic E-state index is 0.0646. The van der Waals surface area contributed by atoms with Crippen LogP contribution in [0, 0.1) is 5.92 Å². The van der Waals surface area contributed by atoms with Gasteiger partial charge in [0.25, 0.3) is 0 Å². The number of anilines is 1. The van der Waals surface area contributed by atoms with E-state index >= 15 is 0 Å². The third-order valence-corrected chi connectivity index (χ3v) is 10.5. The molecule has 0 spiro atoms.